The third-order valence-corrected chi connectivity index (χ3v) is 5.19. The van der Waals surface area contributed by atoms with Gasteiger partial charge in [0.2, 0.25) is 17.6 Å². The van der Waals surface area contributed by atoms with Crippen LogP contribution in [-0.4, -0.2) is 58.6 Å². The summed E-state index contributed by atoms with van der Waals surface area (Å²) in [4.78, 5) is 21.1. The molecule has 156 valence electrons. The number of hydrogen-bond donors (Lipinski definition) is 0. The Balaban J connectivity index is 1.21. The Morgan fingerprint density at radius 1 is 1.03 bits per heavy atom. The average molecular weight is 406 g/mol. The molecule has 0 aliphatic carbocycles. The van der Waals surface area contributed by atoms with Crippen molar-refractivity contribution in [3.63, 3.8) is 0 Å². The third kappa shape index (κ3) is 5.24. The molecule has 7 nitrogen and oxygen atoms in total. The van der Waals surface area contributed by atoms with Crippen molar-refractivity contribution in [2.24, 2.45) is 0 Å². The number of nitrogens with zero attached hydrogens (tertiary/aromatic N) is 4. The van der Waals surface area contributed by atoms with Crippen molar-refractivity contribution in [2.75, 3.05) is 32.8 Å². The molecule has 0 saturated carbocycles. The number of benzene rings is 2. The number of amides is 1. The van der Waals surface area contributed by atoms with Crippen LogP contribution in [0.25, 0.3) is 11.4 Å². The second kappa shape index (κ2) is 9.54. The molecule has 7 heteroatoms. The minimum atomic E-state index is 0.130. The van der Waals surface area contributed by atoms with Gasteiger partial charge in [-0.2, -0.15) is 4.98 Å². The van der Waals surface area contributed by atoms with Crippen LogP contribution in [-0.2, 0) is 11.3 Å². The summed E-state index contributed by atoms with van der Waals surface area (Å²) in [5.74, 6) is 2.13. The SMILES string of the molecule is Cc1ccc(-c2noc(CN3CCN(C(=O)CCOc4ccccc4)CC3)n2)cc1. The van der Waals surface area contributed by atoms with Crippen LogP contribution in [0, 0.1) is 6.92 Å². The van der Waals surface area contributed by atoms with Gasteiger partial charge in [0, 0.05) is 31.7 Å². The van der Waals surface area contributed by atoms with Gasteiger partial charge in [0.25, 0.3) is 0 Å². The fourth-order valence-corrected chi connectivity index (χ4v) is 3.42. The highest BCUT2D eigenvalue weighted by Crippen LogP contribution is 2.17. The molecule has 1 aliphatic rings. The summed E-state index contributed by atoms with van der Waals surface area (Å²) >= 11 is 0. The van der Waals surface area contributed by atoms with Gasteiger partial charge in [0.1, 0.15) is 5.75 Å². The molecule has 0 unspecified atom stereocenters. The smallest absolute Gasteiger partial charge is 0.241 e. The first-order valence-electron chi connectivity index (χ1n) is 10.2. The maximum absolute atomic E-state index is 12.4. The molecule has 4 rings (SSSR count). The van der Waals surface area contributed by atoms with Crippen LogP contribution in [0.4, 0.5) is 0 Å². The standard InChI is InChI=1S/C23H26N4O3/c1-18-7-9-19(10-8-18)23-24-21(30-25-23)17-26-12-14-27(15-13-26)22(28)11-16-29-20-5-3-2-4-6-20/h2-10H,11-17H2,1H3. The molecule has 30 heavy (non-hydrogen) atoms. The second-order valence-electron chi connectivity index (χ2n) is 7.45. The third-order valence-electron chi connectivity index (χ3n) is 5.19. The van der Waals surface area contributed by atoms with E-state index in [0.29, 0.717) is 44.4 Å². The molecule has 2 aromatic carbocycles. The van der Waals surface area contributed by atoms with Gasteiger partial charge in [-0.1, -0.05) is 53.2 Å². The van der Waals surface area contributed by atoms with E-state index in [1.807, 2.05) is 66.4 Å². The average Bonchev–Trinajstić information content (AvgIpc) is 3.24. The summed E-state index contributed by atoms with van der Waals surface area (Å²) < 4.78 is 11.0. The van der Waals surface area contributed by atoms with Crippen molar-refractivity contribution in [1.29, 1.82) is 0 Å². The number of aromatic nitrogens is 2. The number of carbonyl (C=O) groups is 1. The lowest BCUT2D eigenvalue weighted by Gasteiger charge is -2.34. The summed E-state index contributed by atoms with van der Waals surface area (Å²) in [7, 11) is 0. The fraction of sp³-hybridized carbons (Fsp3) is 0.348. The van der Waals surface area contributed by atoms with Crippen LogP contribution >= 0.6 is 0 Å². The minimum absolute atomic E-state index is 0.130. The number of para-hydroxylation sites is 1. The molecule has 1 saturated heterocycles. The summed E-state index contributed by atoms with van der Waals surface area (Å²) in [5.41, 5.74) is 2.14. The Bertz CT molecular complexity index is 948. The van der Waals surface area contributed by atoms with Crippen molar-refractivity contribution in [3.8, 4) is 17.1 Å². The number of ether oxygens (including phenoxy) is 1. The molecular weight excluding hydrogens is 380 g/mol. The Kier molecular flexibility index (Phi) is 6.39. The molecule has 1 aromatic heterocycles. The van der Waals surface area contributed by atoms with E-state index in [2.05, 4.69) is 15.0 Å². The Hall–Kier alpha value is -3.19. The van der Waals surface area contributed by atoms with Gasteiger partial charge in [-0.05, 0) is 19.1 Å². The quantitative estimate of drug-likeness (QED) is 0.600. The topological polar surface area (TPSA) is 71.7 Å². The number of hydrogen-bond acceptors (Lipinski definition) is 6. The maximum Gasteiger partial charge on any atom is 0.241 e. The van der Waals surface area contributed by atoms with Crippen molar-refractivity contribution < 1.29 is 14.1 Å². The highest BCUT2D eigenvalue weighted by Gasteiger charge is 2.22. The summed E-state index contributed by atoms with van der Waals surface area (Å²) in [6.07, 6.45) is 0.387. The van der Waals surface area contributed by atoms with Gasteiger partial charge in [0.05, 0.1) is 19.6 Å². The Morgan fingerprint density at radius 2 is 1.77 bits per heavy atom. The Labute approximate surface area is 176 Å². The van der Waals surface area contributed by atoms with E-state index in [1.165, 1.54) is 5.56 Å². The van der Waals surface area contributed by atoms with Gasteiger partial charge in [-0.3, -0.25) is 9.69 Å². The monoisotopic (exact) mass is 406 g/mol. The molecule has 0 N–H and O–H groups in total. The van der Waals surface area contributed by atoms with Crippen molar-refractivity contribution in [2.45, 2.75) is 19.9 Å². The first-order chi connectivity index (χ1) is 14.7. The van der Waals surface area contributed by atoms with Crippen LogP contribution < -0.4 is 4.74 Å². The molecule has 0 radical (unpaired) electrons. The number of piperazine rings is 1. The summed E-state index contributed by atoms with van der Waals surface area (Å²) in [5, 5.41) is 4.09. The van der Waals surface area contributed by atoms with Crippen molar-refractivity contribution in [1.82, 2.24) is 19.9 Å². The van der Waals surface area contributed by atoms with Crippen LogP contribution in [0.1, 0.15) is 17.9 Å². The van der Waals surface area contributed by atoms with Gasteiger partial charge >= 0.3 is 0 Å². The molecule has 1 fully saturated rings. The molecule has 0 atom stereocenters. The lowest BCUT2D eigenvalue weighted by atomic mass is 10.1. The van der Waals surface area contributed by atoms with Crippen LogP contribution in [0.15, 0.2) is 59.1 Å². The molecule has 0 bridgehead atoms. The highest BCUT2D eigenvalue weighted by molar-refractivity contribution is 5.76. The highest BCUT2D eigenvalue weighted by atomic mass is 16.5. The molecule has 1 aliphatic heterocycles. The second-order valence-corrected chi connectivity index (χ2v) is 7.45. The lowest BCUT2D eigenvalue weighted by Crippen LogP contribution is -2.48. The van der Waals surface area contributed by atoms with Crippen LogP contribution in [0.2, 0.25) is 0 Å². The van der Waals surface area contributed by atoms with Crippen LogP contribution in [0.3, 0.4) is 0 Å². The van der Waals surface area contributed by atoms with E-state index in [9.17, 15) is 4.79 Å². The maximum atomic E-state index is 12.4. The number of carbonyl (C=O) groups excluding carboxylic acids is 1. The van der Waals surface area contributed by atoms with Gasteiger partial charge in [-0.25, -0.2) is 0 Å². The summed E-state index contributed by atoms with van der Waals surface area (Å²) in [6.45, 7) is 6.00. The van der Waals surface area contributed by atoms with E-state index < -0.39 is 0 Å². The van der Waals surface area contributed by atoms with E-state index in [4.69, 9.17) is 9.26 Å². The molecule has 0 spiro atoms. The predicted octanol–water partition coefficient (Wildman–Crippen LogP) is 3.16. The lowest BCUT2D eigenvalue weighted by molar-refractivity contribution is -0.133. The largest absolute Gasteiger partial charge is 0.493 e. The normalized spacial score (nSPS) is 14.6. The molecule has 1 amide bonds. The van der Waals surface area contributed by atoms with Gasteiger partial charge in [0.15, 0.2) is 0 Å². The van der Waals surface area contributed by atoms with E-state index in [-0.39, 0.29) is 5.91 Å². The van der Waals surface area contributed by atoms with Crippen molar-refractivity contribution >= 4 is 5.91 Å². The zero-order chi connectivity index (χ0) is 20.8. The van der Waals surface area contributed by atoms with Crippen molar-refractivity contribution in [3.05, 3.63) is 66.1 Å². The van der Waals surface area contributed by atoms with Gasteiger partial charge in [-0.15, -0.1) is 0 Å². The zero-order valence-electron chi connectivity index (χ0n) is 17.2. The van der Waals surface area contributed by atoms with Crippen LogP contribution in [0.5, 0.6) is 5.75 Å². The Morgan fingerprint density at radius 3 is 2.50 bits per heavy atom. The first kappa shape index (κ1) is 20.1. The number of rotatable bonds is 7. The zero-order valence-corrected chi connectivity index (χ0v) is 17.2. The van der Waals surface area contributed by atoms with E-state index >= 15 is 0 Å². The fourth-order valence-electron chi connectivity index (χ4n) is 3.42. The van der Waals surface area contributed by atoms with E-state index in [0.717, 1.165) is 24.4 Å². The minimum Gasteiger partial charge on any atom is -0.493 e. The molecular formula is C23H26N4O3. The first-order valence-corrected chi connectivity index (χ1v) is 10.2. The van der Waals surface area contributed by atoms with E-state index in [1.54, 1.807) is 0 Å². The molecule has 2 heterocycles. The molecule has 3 aromatic rings. The van der Waals surface area contributed by atoms with Gasteiger partial charge < -0.3 is 14.2 Å². The predicted molar refractivity (Wildman–Crippen MR) is 113 cm³/mol. The number of aryl methyl sites for hydroxylation is 1. The summed E-state index contributed by atoms with van der Waals surface area (Å²) in [6, 6.07) is 17.6.